The molecule has 1 atom stereocenters. The van der Waals surface area contributed by atoms with Crippen molar-refractivity contribution in [3.8, 4) is 0 Å². The van der Waals surface area contributed by atoms with Gasteiger partial charge in [0.25, 0.3) is 11.6 Å². The number of hydrogen-bond acceptors (Lipinski definition) is 3. The van der Waals surface area contributed by atoms with Crippen LogP contribution in [-0.4, -0.2) is 23.6 Å². The van der Waals surface area contributed by atoms with Gasteiger partial charge in [-0.2, -0.15) is 0 Å². The van der Waals surface area contributed by atoms with Gasteiger partial charge in [0.2, 0.25) is 0 Å². The fourth-order valence-corrected chi connectivity index (χ4v) is 3.18. The van der Waals surface area contributed by atoms with Gasteiger partial charge in [-0.1, -0.05) is 41.1 Å². The first-order valence-electron chi connectivity index (χ1n) is 7.95. The highest BCUT2D eigenvalue weighted by molar-refractivity contribution is 9.10. The summed E-state index contributed by atoms with van der Waals surface area (Å²) in [5.41, 5.74) is -1.04. The molecule has 6 nitrogen and oxygen atoms in total. The van der Waals surface area contributed by atoms with Gasteiger partial charge in [-0.3, -0.25) is 9.69 Å². The van der Waals surface area contributed by atoms with E-state index in [2.05, 4.69) is 26.6 Å². The predicted octanol–water partition coefficient (Wildman–Crippen LogP) is 3.17. The van der Waals surface area contributed by atoms with Crippen LogP contribution < -0.4 is 15.5 Å². The molecular weight excluding hydrogens is 386 g/mol. The first-order valence-corrected chi connectivity index (χ1v) is 8.74. The van der Waals surface area contributed by atoms with Crippen LogP contribution in [0.5, 0.6) is 0 Å². The maximum absolute atomic E-state index is 12.9. The van der Waals surface area contributed by atoms with E-state index >= 15 is 0 Å². The number of nitrogens with zero attached hydrogens (tertiary/aromatic N) is 1. The number of benzene rings is 2. The molecule has 130 valence electrons. The minimum atomic E-state index is -2.15. The Balaban J connectivity index is 2.19. The zero-order valence-electron chi connectivity index (χ0n) is 13.6. The number of hydrogen-bond donors (Lipinski definition) is 3. The molecule has 1 heterocycles. The second-order valence-electron chi connectivity index (χ2n) is 5.72. The van der Waals surface area contributed by atoms with Crippen molar-refractivity contribution in [2.45, 2.75) is 19.1 Å². The molecule has 3 amide bonds. The number of nitrogens with one attached hydrogen (secondary N) is 2. The summed E-state index contributed by atoms with van der Waals surface area (Å²) in [7, 11) is 0. The lowest BCUT2D eigenvalue weighted by Gasteiger charge is -2.42. The molecule has 3 N–H and O–H groups in total. The number of carbonyl (C=O) groups is 2. The summed E-state index contributed by atoms with van der Waals surface area (Å²) in [4.78, 5) is 26.7. The molecule has 1 unspecified atom stereocenters. The summed E-state index contributed by atoms with van der Waals surface area (Å²) in [5.74, 6) is -0.646. The van der Waals surface area contributed by atoms with E-state index in [1.165, 1.54) is 0 Å². The van der Waals surface area contributed by atoms with Gasteiger partial charge >= 0.3 is 6.03 Å². The van der Waals surface area contributed by atoms with Gasteiger partial charge in [-0.05, 0) is 36.8 Å². The van der Waals surface area contributed by atoms with E-state index in [0.717, 1.165) is 4.90 Å². The van der Waals surface area contributed by atoms with Gasteiger partial charge in [0.15, 0.2) is 0 Å². The van der Waals surface area contributed by atoms with Crippen LogP contribution in [0.25, 0.3) is 0 Å². The van der Waals surface area contributed by atoms with Crippen molar-refractivity contribution in [2.75, 3.05) is 16.8 Å². The Morgan fingerprint density at radius 3 is 2.68 bits per heavy atom. The van der Waals surface area contributed by atoms with Crippen LogP contribution in [0, 0.1) is 0 Å². The number of amides is 3. The van der Waals surface area contributed by atoms with Crippen LogP contribution in [0.1, 0.15) is 18.9 Å². The summed E-state index contributed by atoms with van der Waals surface area (Å²) in [6.45, 7) is 2.31. The van der Waals surface area contributed by atoms with Crippen molar-refractivity contribution in [1.82, 2.24) is 5.32 Å². The minimum Gasteiger partial charge on any atom is -0.359 e. The van der Waals surface area contributed by atoms with Crippen molar-refractivity contribution in [3.63, 3.8) is 0 Å². The molecule has 7 heteroatoms. The third-order valence-corrected chi connectivity index (χ3v) is 4.49. The lowest BCUT2D eigenvalue weighted by molar-refractivity contribution is -0.140. The van der Waals surface area contributed by atoms with Crippen molar-refractivity contribution in [1.29, 1.82) is 0 Å². The Kier molecular flexibility index (Phi) is 4.78. The van der Waals surface area contributed by atoms with Crippen LogP contribution in [-0.2, 0) is 10.5 Å². The second kappa shape index (κ2) is 6.85. The van der Waals surface area contributed by atoms with Crippen LogP contribution >= 0.6 is 15.9 Å². The Morgan fingerprint density at radius 1 is 1.28 bits per heavy atom. The average molecular weight is 404 g/mol. The lowest BCUT2D eigenvalue weighted by atomic mass is 9.94. The van der Waals surface area contributed by atoms with Gasteiger partial charge in [-0.25, -0.2) is 4.79 Å². The lowest BCUT2D eigenvalue weighted by Crippen LogP contribution is -2.62. The zero-order valence-corrected chi connectivity index (χ0v) is 15.2. The Hall–Kier alpha value is -2.38. The minimum absolute atomic E-state index is 0.305. The average Bonchev–Trinajstić information content (AvgIpc) is 2.61. The summed E-state index contributed by atoms with van der Waals surface area (Å²) >= 11 is 3.36. The molecule has 0 saturated carbocycles. The fourth-order valence-electron chi connectivity index (χ4n) is 2.82. The molecule has 0 saturated heterocycles. The quantitative estimate of drug-likeness (QED) is 0.732. The number of halogens is 1. The normalized spacial score (nSPS) is 19.2. The highest BCUT2D eigenvalue weighted by Gasteiger charge is 2.51. The number of fused-ring (bicyclic) bond motifs is 1. The number of rotatable bonds is 4. The highest BCUT2D eigenvalue weighted by atomic mass is 79.9. The number of para-hydroxylation sites is 1. The maximum Gasteiger partial charge on any atom is 0.329 e. The van der Waals surface area contributed by atoms with Crippen molar-refractivity contribution in [3.05, 3.63) is 58.6 Å². The predicted molar refractivity (Wildman–Crippen MR) is 99.3 cm³/mol. The van der Waals surface area contributed by atoms with Gasteiger partial charge in [0, 0.05) is 22.3 Å². The maximum atomic E-state index is 12.9. The fraction of sp³-hybridized carbons (Fsp3) is 0.222. The van der Waals surface area contributed by atoms with E-state index in [0.29, 0.717) is 34.4 Å². The molecule has 0 fully saturated rings. The zero-order chi connectivity index (χ0) is 18.0. The molecule has 0 radical (unpaired) electrons. The molecule has 1 aliphatic rings. The third kappa shape index (κ3) is 3.01. The van der Waals surface area contributed by atoms with Gasteiger partial charge in [0.1, 0.15) is 0 Å². The Bertz CT molecular complexity index is 812. The summed E-state index contributed by atoms with van der Waals surface area (Å²) in [5, 5.41) is 16.9. The molecule has 0 aromatic heterocycles. The standard InChI is InChI=1S/C18H18BrN3O3/c1-2-10-20-16(23)18(25)14-11-12(19)8-9-15(14)21-17(24)22(18)13-6-4-3-5-7-13/h3-9,11,25H,2,10H2,1H3,(H,20,23)(H,21,24). The van der Waals surface area contributed by atoms with Crippen LogP contribution in [0.2, 0.25) is 0 Å². The molecule has 2 aromatic carbocycles. The van der Waals surface area contributed by atoms with Crippen molar-refractivity contribution < 1.29 is 14.7 Å². The molecule has 3 rings (SSSR count). The largest absolute Gasteiger partial charge is 0.359 e. The number of carbonyl (C=O) groups excluding carboxylic acids is 2. The molecule has 25 heavy (non-hydrogen) atoms. The van der Waals surface area contributed by atoms with Gasteiger partial charge < -0.3 is 15.7 Å². The van der Waals surface area contributed by atoms with Crippen LogP contribution in [0.15, 0.2) is 53.0 Å². The topological polar surface area (TPSA) is 81.7 Å². The molecule has 0 bridgehead atoms. The number of urea groups is 1. The summed E-state index contributed by atoms with van der Waals surface area (Å²) in [6, 6.07) is 13.1. The SMILES string of the molecule is CCCNC(=O)C1(O)c2cc(Br)ccc2NC(=O)N1c1ccccc1. The van der Waals surface area contributed by atoms with Crippen molar-refractivity contribution >= 4 is 39.2 Å². The van der Waals surface area contributed by atoms with Gasteiger partial charge in [-0.15, -0.1) is 0 Å². The number of anilines is 2. The van der Waals surface area contributed by atoms with E-state index < -0.39 is 17.7 Å². The van der Waals surface area contributed by atoms with E-state index in [9.17, 15) is 14.7 Å². The van der Waals surface area contributed by atoms with E-state index in [-0.39, 0.29) is 0 Å². The van der Waals surface area contributed by atoms with Crippen molar-refractivity contribution in [2.24, 2.45) is 0 Å². The van der Waals surface area contributed by atoms with E-state index in [1.54, 1.807) is 48.5 Å². The Morgan fingerprint density at radius 2 is 2.00 bits per heavy atom. The van der Waals surface area contributed by atoms with Crippen LogP contribution in [0.4, 0.5) is 16.2 Å². The summed E-state index contributed by atoms with van der Waals surface area (Å²) in [6.07, 6.45) is 0.713. The molecule has 1 aliphatic heterocycles. The molecule has 2 aromatic rings. The van der Waals surface area contributed by atoms with Crippen LogP contribution in [0.3, 0.4) is 0 Å². The first-order chi connectivity index (χ1) is 12.0. The van der Waals surface area contributed by atoms with E-state index in [4.69, 9.17) is 0 Å². The Labute approximate surface area is 154 Å². The monoisotopic (exact) mass is 403 g/mol. The summed E-state index contributed by atoms with van der Waals surface area (Å²) < 4.78 is 0.692. The smallest absolute Gasteiger partial charge is 0.329 e. The highest BCUT2D eigenvalue weighted by Crippen LogP contribution is 2.40. The first kappa shape index (κ1) is 17.4. The second-order valence-corrected chi connectivity index (χ2v) is 6.63. The molecular formula is C18H18BrN3O3. The third-order valence-electron chi connectivity index (χ3n) is 3.99. The number of aliphatic hydroxyl groups is 1. The molecule has 0 aliphatic carbocycles. The van der Waals surface area contributed by atoms with Gasteiger partial charge in [0.05, 0.1) is 5.69 Å². The molecule has 0 spiro atoms. The van der Waals surface area contributed by atoms with E-state index in [1.807, 2.05) is 6.92 Å².